The van der Waals surface area contributed by atoms with E-state index in [0.717, 1.165) is 5.41 Å². The van der Waals surface area contributed by atoms with Crippen molar-refractivity contribution in [1.82, 2.24) is 0 Å². The van der Waals surface area contributed by atoms with Crippen LogP contribution in [-0.4, -0.2) is 15.9 Å². The van der Waals surface area contributed by atoms with Crippen molar-refractivity contribution in [3.05, 3.63) is 40.8 Å². The molecule has 0 aliphatic rings. The molecule has 0 saturated heterocycles. The van der Waals surface area contributed by atoms with Crippen molar-refractivity contribution in [2.75, 3.05) is 6.54 Å². The van der Waals surface area contributed by atoms with Crippen LogP contribution < -0.4 is 0 Å². The molecule has 2 nitrogen and oxygen atoms in total. The fraction of sp³-hybridized carbons (Fsp3) is 0.308. The average molecular weight is 373 g/mol. The first-order valence-electron chi connectivity index (χ1n) is 5.96. The molecule has 0 unspecified atom stereocenters. The Hall–Kier alpha value is -1.51. The van der Waals surface area contributed by atoms with E-state index < -0.39 is 39.2 Å². The first kappa shape index (κ1) is 19.5. The molecule has 10 heteroatoms. The summed E-state index contributed by atoms with van der Waals surface area (Å²) in [6.07, 6.45) is -8.34. The highest BCUT2D eigenvalue weighted by atomic mass is 32.2. The van der Waals surface area contributed by atoms with Gasteiger partial charge in [-0.2, -0.15) is 26.3 Å². The zero-order valence-corrected chi connectivity index (χ0v) is 12.9. The molecule has 0 amide bonds. The van der Waals surface area contributed by atoms with Crippen LogP contribution in [0.5, 0.6) is 0 Å². The number of benzene rings is 1. The Labute approximate surface area is 135 Å². The maximum Gasteiger partial charge on any atom is 0.416 e. The normalized spacial score (nSPS) is 13.8. The molecule has 0 aromatic heterocycles. The summed E-state index contributed by atoms with van der Waals surface area (Å²) in [5, 5.41) is 3.09. The van der Waals surface area contributed by atoms with Gasteiger partial charge in [0.15, 0.2) is 0 Å². The Kier molecular flexibility index (Phi) is 6.67. The van der Waals surface area contributed by atoms with Crippen molar-refractivity contribution in [3.63, 3.8) is 0 Å². The monoisotopic (exact) mass is 373 g/mol. The van der Waals surface area contributed by atoms with Gasteiger partial charge < -0.3 is 0 Å². The fourth-order valence-electron chi connectivity index (χ4n) is 1.46. The minimum absolute atomic E-state index is 0.0153. The molecule has 0 bridgehead atoms. The first-order valence-corrected chi connectivity index (χ1v) is 7.58. The summed E-state index contributed by atoms with van der Waals surface area (Å²) < 4.78 is 87.9. The van der Waals surface area contributed by atoms with Crippen LogP contribution in [0.3, 0.4) is 0 Å². The van der Waals surface area contributed by atoms with Crippen molar-refractivity contribution in [3.8, 4) is 0 Å². The van der Waals surface area contributed by atoms with Crippen molar-refractivity contribution in [1.29, 1.82) is 0 Å². The lowest BCUT2D eigenvalue weighted by Gasteiger charge is -2.13. The summed E-state index contributed by atoms with van der Waals surface area (Å²) in [6, 6.07) is 0.855. The summed E-state index contributed by atoms with van der Waals surface area (Å²) in [5.41, 5.74) is -3.01. The van der Waals surface area contributed by atoms with Crippen molar-refractivity contribution >= 4 is 28.2 Å². The molecule has 0 aliphatic heterocycles. The zero-order valence-electron chi connectivity index (χ0n) is 11.2. The number of hydrogen-bond donors (Lipinski definition) is 0. The number of hydrogen-bond acceptors (Lipinski definition) is 3. The Morgan fingerprint density at radius 2 is 1.61 bits per heavy atom. The Morgan fingerprint density at radius 1 is 1.09 bits per heavy atom. The quantitative estimate of drug-likeness (QED) is 0.320. The van der Waals surface area contributed by atoms with E-state index in [9.17, 15) is 30.6 Å². The van der Waals surface area contributed by atoms with Gasteiger partial charge in [-0.3, -0.25) is 0 Å². The van der Waals surface area contributed by atoms with Crippen LogP contribution in [0.25, 0.3) is 0 Å². The lowest BCUT2D eigenvalue weighted by atomic mass is 10.1. The zero-order chi connectivity index (χ0) is 17.7. The van der Waals surface area contributed by atoms with Gasteiger partial charge in [-0.1, -0.05) is 6.08 Å². The van der Waals surface area contributed by atoms with Crippen LogP contribution in [0.4, 0.5) is 26.3 Å². The highest BCUT2D eigenvalue weighted by molar-refractivity contribution is 7.88. The van der Waals surface area contributed by atoms with Gasteiger partial charge >= 0.3 is 12.4 Å². The van der Waals surface area contributed by atoms with Crippen molar-refractivity contribution in [2.24, 2.45) is 4.99 Å². The number of isothiocyanates is 1. The third kappa shape index (κ3) is 6.25. The van der Waals surface area contributed by atoms with E-state index in [0.29, 0.717) is 12.1 Å². The van der Waals surface area contributed by atoms with Crippen LogP contribution in [-0.2, 0) is 23.2 Å². The molecule has 1 atom stereocenters. The minimum Gasteiger partial charge on any atom is -0.250 e. The molecule has 1 rings (SSSR count). The number of halogens is 6. The number of aliphatic imine (C=N–C) groups is 1. The second-order valence-electron chi connectivity index (χ2n) is 4.17. The SMILES string of the molecule is O=[S@@](/C=C/CCN=C=S)c1cc(C(F)(F)F)cc(C(F)(F)F)c1. The van der Waals surface area contributed by atoms with Crippen LogP contribution in [0, 0.1) is 0 Å². The lowest BCUT2D eigenvalue weighted by molar-refractivity contribution is -0.143. The molecule has 0 N–H and O–H groups in total. The number of alkyl halides is 6. The van der Waals surface area contributed by atoms with Gasteiger partial charge in [-0.05, 0) is 36.8 Å². The Morgan fingerprint density at radius 3 is 2.04 bits per heavy atom. The van der Waals surface area contributed by atoms with E-state index in [1.54, 1.807) is 0 Å². The molecule has 0 fully saturated rings. The van der Waals surface area contributed by atoms with Crippen LogP contribution in [0.2, 0.25) is 0 Å². The molecule has 0 radical (unpaired) electrons. The summed E-state index contributed by atoms with van der Waals surface area (Å²) in [7, 11) is -2.15. The molecule has 1 aromatic carbocycles. The van der Waals surface area contributed by atoms with Crippen molar-refractivity contribution in [2.45, 2.75) is 23.7 Å². The summed E-state index contributed by atoms with van der Waals surface area (Å²) in [6.45, 7) is 0.230. The molecular weight excluding hydrogens is 364 g/mol. The smallest absolute Gasteiger partial charge is 0.250 e. The third-order valence-corrected chi connectivity index (χ3v) is 3.75. The minimum atomic E-state index is -4.97. The second-order valence-corrected chi connectivity index (χ2v) is 5.69. The average Bonchev–Trinajstić information content (AvgIpc) is 2.44. The van der Waals surface area contributed by atoms with Gasteiger partial charge in [0.2, 0.25) is 0 Å². The lowest BCUT2D eigenvalue weighted by Crippen LogP contribution is -2.11. The van der Waals surface area contributed by atoms with E-state index in [4.69, 9.17) is 0 Å². The summed E-state index contributed by atoms with van der Waals surface area (Å²) in [4.78, 5) is 2.97. The molecule has 0 aliphatic carbocycles. The Bertz CT molecular complexity index is 627. The van der Waals surface area contributed by atoms with Gasteiger partial charge in [0.1, 0.15) is 0 Å². The second kappa shape index (κ2) is 7.85. The molecular formula is C13H9F6NOS2. The van der Waals surface area contributed by atoms with E-state index in [1.807, 2.05) is 0 Å². The van der Waals surface area contributed by atoms with Crippen molar-refractivity contribution < 1.29 is 30.6 Å². The molecule has 23 heavy (non-hydrogen) atoms. The summed E-state index contributed by atoms with van der Waals surface area (Å²) in [5.74, 6) is 0. The largest absolute Gasteiger partial charge is 0.416 e. The van der Waals surface area contributed by atoms with Gasteiger partial charge in [0, 0.05) is 10.3 Å². The maximum absolute atomic E-state index is 12.7. The highest BCUT2D eigenvalue weighted by Gasteiger charge is 2.37. The number of nitrogens with zero attached hydrogens (tertiary/aromatic N) is 1. The number of thiocarbonyl (C=S) groups is 1. The molecule has 0 spiro atoms. The van der Waals surface area contributed by atoms with Gasteiger partial charge in [0.05, 0.1) is 33.6 Å². The fourth-order valence-corrected chi connectivity index (χ4v) is 2.51. The molecule has 0 saturated carbocycles. The van der Waals surface area contributed by atoms with E-state index >= 15 is 0 Å². The summed E-state index contributed by atoms with van der Waals surface area (Å²) >= 11 is 4.31. The Balaban J connectivity index is 3.14. The van der Waals surface area contributed by atoms with E-state index in [-0.39, 0.29) is 19.0 Å². The topological polar surface area (TPSA) is 29.4 Å². The number of rotatable bonds is 5. The van der Waals surface area contributed by atoms with Crippen LogP contribution >= 0.6 is 12.2 Å². The van der Waals surface area contributed by atoms with E-state index in [1.165, 1.54) is 6.08 Å². The maximum atomic E-state index is 12.7. The molecule has 126 valence electrons. The predicted molar refractivity (Wildman–Crippen MR) is 76.5 cm³/mol. The van der Waals surface area contributed by atoms with Gasteiger partial charge in [-0.15, -0.1) is 0 Å². The van der Waals surface area contributed by atoms with Gasteiger partial charge in [0.25, 0.3) is 0 Å². The third-order valence-electron chi connectivity index (χ3n) is 2.49. The predicted octanol–water partition coefficient (Wildman–Crippen LogP) is 4.84. The molecule has 1 aromatic rings. The molecule has 0 heterocycles. The highest BCUT2D eigenvalue weighted by Crippen LogP contribution is 2.37. The van der Waals surface area contributed by atoms with Gasteiger partial charge in [-0.25, -0.2) is 9.20 Å². The standard InChI is InChI=1S/C13H9F6NOS2/c14-12(15,16)9-5-10(13(17,18)19)7-11(6-9)23(21)4-2-1-3-20-8-22/h2,4-7H,1,3H2/b4-2+/t23-/m0/s1. The van der Waals surface area contributed by atoms with E-state index in [2.05, 4.69) is 22.4 Å². The van der Waals surface area contributed by atoms with Crippen LogP contribution in [0.15, 0.2) is 39.6 Å². The first-order chi connectivity index (χ1) is 10.6. The van der Waals surface area contributed by atoms with Crippen LogP contribution in [0.1, 0.15) is 17.5 Å².